The predicted octanol–water partition coefficient (Wildman–Crippen LogP) is 5.55. The van der Waals surface area contributed by atoms with Crippen molar-refractivity contribution in [1.29, 1.82) is 0 Å². The van der Waals surface area contributed by atoms with Crippen LogP contribution < -0.4 is 5.32 Å². The Balaban J connectivity index is 1.44. The lowest BCUT2D eigenvalue weighted by atomic mass is 10.1. The molecule has 1 saturated heterocycles. The van der Waals surface area contributed by atoms with Gasteiger partial charge in [0, 0.05) is 41.8 Å². The summed E-state index contributed by atoms with van der Waals surface area (Å²) in [6.07, 6.45) is 15.7. The fraction of sp³-hybridized carbons (Fsp3) is 0.360. The molecule has 2 N–H and O–H groups in total. The summed E-state index contributed by atoms with van der Waals surface area (Å²) < 4.78 is 2.65. The normalized spacial score (nSPS) is 18.5. The summed E-state index contributed by atoms with van der Waals surface area (Å²) in [6, 6.07) is 7.79. The molecule has 4 rings (SSSR count). The maximum atomic E-state index is 12.6. The first kappa shape index (κ1) is 20.9. The highest BCUT2D eigenvalue weighted by atomic mass is 32.2. The third-order valence-electron chi connectivity index (χ3n) is 5.62. The van der Waals surface area contributed by atoms with Crippen LogP contribution in [0, 0.1) is 0 Å². The van der Waals surface area contributed by atoms with E-state index in [-0.39, 0.29) is 16.6 Å². The van der Waals surface area contributed by atoms with Gasteiger partial charge in [0.2, 0.25) is 0 Å². The molecule has 0 bridgehead atoms. The molecule has 2 heterocycles. The monoisotopic (exact) mass is 421 g/mol. The van der Waals surface area contributed by atoms with Crippen LogP contribution in [0.15, 0.2) is 65.2 Å². The second-order valence-corrected chi connectivity index (χ2v) is 10.5. The molecule has 0 saturated carbocycles. The van der Waals surface area contributed by atoms with Crippen LogP contribution in [0.5, 0.6) is 0 Å². The van der Waals surface area contributed by atoms with Crippen molar-refractivity contribution in [3.8, 4) is 0 Å². The van der Waals surface area contributed by atoms with Crippen LogP contribution >= 0.6 is 10.7 Å². The molecule has 1 fully saturated rings. The first-order chi connectivity index (χ1) is 14.6. The Bertz CT molecular complexity index is 1050. The number of carbonyl (C=O) groups excluding carboxylic acids is 1. The number of benzene rings is 1. The Kier molecular flexibility index (Phi) is 6.70. The Labute approximate surface area is 181 Å². The van der Waals surface area contributed by atoms with Gasteiger partial charge in [-0.2, -0.15) is 0 Å². The summed E-state index contributed by atoms with van der Waals surface area (Å²) in [5.74, 6) is -0.0318. The number of hydrogen-bond acceptors (Lipinski definition) is 2. The van der Waals surface area contributed by atoms with Crippen molar-refractivity contribution in [3.63, 3.8) is 0 Å². The van der Waals surface area contributed by atoms with Crippen molar-refractivity contribution in [1.82, 2.24) is 14.6 Å². The number of nitrogens with zero attached hydrogens (tertiary/aromatic N) is 1. The van der Waals surface area contributed by atoms with E-state index in [1.165, 1.54) is 47.7 Å². The number of allylic oxidation sites excluding steroid dienone is 4. The third kappa shape index (κ3) is 4.85. The maximum absolute atomic E-state index is 12.6. The molecular weight excluding hydrogens is 390 g/mol. The van der Waals surface area contributed by atoms with Crippen molar-refractivity contribution >= 4 is 32.3 Å². The number of aromatic amines is 1. The van der Waals surface area contributed by atoms with Crippen LogP contribution in [0.3, 0.4) is 0 Å². The largest absolute Gasteiger partial charge is 0.361 e. The highest BCUT2D eigenvalue weighted by molar-refractivity contribution is 8.17. The number of rotatable bonds is 5. The molecule has 1 atom stereocenters. The van der Waals surface area contributed by atoms with Crippen LogP contribution in [0.1, 0.15) is 49.9 Å². The van der Waals surface area contributed by atoms with Gasteiger partial charge in [0.1, 0.15) is 0 Å². The Hall–Kier alpha value is -2.37. The molecule has 2 aliphatic rings. The molecule has 1 unspecified atom stereocenters. The number of carbonyl (C=O) groups is 1. The molecular formula is C25H31N3OS. The average molecular weight is 422 g/mol. The Morgan fingerprint density at radius 2 is 1.97 bits per heavy atom. The van der Waals surface area contributed by atoms with Gasteiger partial charge in [0.25, 0.3) is 5.91 Å². The third-order valence-corrected chi connectivity index (χ3v) is 8.00. The second-order valence-electron chi connectivity index (χ2n) is 8.15. The zero-order valence-electron chi connectivity index (χ0n) is 17.9. The summed E-state index contributed by atoms with van der Waals surface area (Å²) in [4.78, 5) is 18.6. The van der Waals surface area contributed by atoms with Crippen molar-refractivity contribution in [2.24, 2.45) is 0 Å². The number of H-pyrrole nitrogens is 1. The Morgan fingerprint density at radius 1 is 1.13 bits per heavy atom. The van der Waals surface area contributed by atoms with Crippen molar-refractivity contribution < 1.29 is 4.79 Å². The van der Waals surface area contributed by atoms with Crippen molar-refractivity contribution in [2.45, 2.75) is 39.5 Å². The standard InChI is InChI=1S/C25H31N3OS/c1-19(2)30(28-15-4-3-5-16-28)23-8-6-7-20(9-12-23)18-27-25(29)22-11-10-21-13-14-26-24(21)17-22/h6,8-14,17,26H,3-5,7,15-16,18H2,1-2H3,(H,27,29). The molecule has 0 radical (unpaired) electrons. The van der Waals surface area contributed by atoms with E-state index >= 15 is 0 Å². The van der Waals surface area contributed by atoms with E-state index in [0.717, 1.165) is 17.3 Å². The number of hydrogen-bond donors (Lipinski definition) is 2. The van der Waals surface area contributed by atoms with Gasteiger partial charge in [0.05, 0.1) is 0 Å². The predicted molar refractivity (Wildman–Crippen MR) is 130 cm³/mol. The minimum absolute atomic E-state index is 0.0318. The SMILES string of the molecule is CC(C)=S(C1=CC=C(CNC(=O)c2ccc3cc[nH]c3c2)CC=C1)N1CCCCC1. The summed E-state index contributed by atoms with van der Waals surface area (Å²) in [5, 5.41) is 4.20. The van der Waals surface area contributed by atoms with E-state index in [4.69, 9.17) is 0 Å². The quantitative estimate of drug-likeness (QED) is 0.622. The van der Waals surface area contributed by atoms with Gasteiger partial charge in [-0.15, -0.1) is 0 Å². The molecule has 1 aromatic carbocycles. The first-order valence-electron chi connectivity index (χ1n) is 10.8. The van der Waals surface area contributed by atoms with Gasteiger partial charge >= 0.3 is 0 Å². The maximum Gasteiger partial charge on any atom is 0.251 e. The van der Waals surface area contributed by atoms with Crippen molar-refractivity contribution in [3.05, 3.63) is 70.8 Å². The van der Waals surface area contributed by atoms with Gasteiger partial charge in [-0.1, -0.05) is 41.4 Å². The van der Waals surface area contributed by atoms with Crippen molar-refractivity contribution in [2.75, 3.05) is 19.6 Å². The van der Waals surface area contributed by atoms with Gasteiger partial charge in [-0.3, -0.25) is 9.10 Å². The number of nitrogens with one attached hydrogen (secondary N) is 2. The van der Waals surface area contributed by atoms with Crippen LogP contribution in [0.25, 0.3) is 10.9 Å². The highest BCUT2D eigenvalue weighted by Crippen LogP contribution is 2.36. The van der Waals surface area contributed by atoms with E-state index < -0.39 is 0 Å². The van der Waals surface area contributed by atoms with E-state index in [0.29, 0.717) is 12.1 Å². The lowest BCUT2D eigenvalue weighted by Gasteiger charge is -2.31. The summed E-state index contributed by atoms with van der Waals surface area (Å²) in [6.45, 7) is 7.46. The summed E-state index contributed by atoms with van der Waals surface area (Å²) in [5.41, 5.74) is 2.91. The van der Waals surface area contributed by atoms with E-state index in [1.807, 2.05) is 30.5 Å². The zero-order chi connectivity index (χ0) is 20.9. The van der Waals surface area contributed by atoms with Gasteiger partial charge in [0.15, 0.2) is 0 Å². The molecule has 158 valence electrons. The lowest BCUT2D eigenvalue weighted by Crippen LogP contribution is -2.26. The lowest BCUT2D eigenvalue weighted by molar-refractivity contribution is 0.0957. The van der Waals surface area contributed by atoms with E-state index in [2.05, 4.69) is 52.8 Å². The van der Waals surface area contributed by atoms with Crippen LogP contribution in [0.4, 0.5) is 0 Å². The molecule has 30 heavy (non-hydrogen) atoms. The molecule has 1 aliphatic carbocycles. The van der Waals surface area contributed by atoms with Crippen LogP contribution in [0.2, 0.25) is 0 Å². The number of amides is 1. The average Bonchev–Trinajstić information content (AvgIpc) is 3.11. The minimum Gasteiger partial charge on any atom is -0.361 e. The van der Waals surface area contributed by atoms with Gasteiger partial charge < -0.3 is 10.3 Å². The zero-order valence-corrected chi connectivity index (χ0v) is 18.7. The fourth-order valence-electron chi connectivity index (χ4n) is 4.09. The van der Waals surface area contributed by atoms with Crippen LogP contribution in [-0.2, 0) is 0 Å². The fourth-order valence-corrected chi connectivity index (χ4v) is 6.42. The smallest absolute Gasteiger partial charge is 0.251 e. The van der Waals surface area contributed by atoms with E-state index in [9.17, 15) is 4.79 Å². The molecule has 1 amide bonds. The molecule has 4 nitrogen and oxygen atoms in total. The van der Waals surface area contributed by atoms with E-state index in [1.54, 1.807) is 0 Å². The molecule has 1 aromatic heterocycles. The van der Waals surface area contributed by atoms with Gasteiger partial charge in [-0.05, 0) is 73.2 Å². The van der Waals surface area contributed by atoms with Gasteiger partial charge in [-0.25, -0.2) is 0 Å². The number of aromatic nitrogens is 1. The topological polar surface area (TPSA) is 48.1 Å². The summed E-state index contributed by atoms with van der Waals surface area (Å²) in [7, 11) is 0.0618. The summed E-state index contributed by atoms with van der Waals surface area (Å²) >= 11 is 0. The van der Waals surface area contributed by atoms with Crippen LogP contribution in [-0.4, -0.2) is 39.7 Å². The highest BCUT2D eigenvalue weighted by Gasteiger charge is 2.17. The minimum atomic E-state index is -0.0318. The second kappa shape index (κ2) is 9.63. The Morgan fingerprint density at radius 3 is 2.77 bits per heavy atom. The molecule has 5 heteroatoms. The first-order valence-corrected chi connectivity index (χ1v) is 12.0. The molecule has 1 aliphatic heterocycles. The molecule has 2 aromatic rings. The number of piperidine rings is 1. The number of fused-ring (bicyclic) bond motifs is 1. The molecule has 0 spiro atoms.